The van der Waals surface area contributed by atoms with Gasteiger partial charge in [-0.1, -0.05) is 0 Å². The number of anilines is 1. The lowest BCUT2D eigenvalue weighted by Crippen LogP contribution is -2.15. The summed E-state index contributed by atoms with van der Waals surface area (Å²) in [6, 6.07) is 0. The molecule has 0 amide bonds. The Balaban J connectivity index is 2.46. The van der Waals surface area contributed by atoms with Gasteiger partial charge in [0.25, 0.3) is 5.91 Å². The van der Waals surface area contributed by atoms with Gasteiger partial charge in [0.15, 0.2) is 11.5 Å². The van der Waals surface area contributed by atoms with Crippen molar-refractivity contribution in [2.24, 2.45) is 0 Å². The summed E-state index contributed by atoms with van der Waals surface area (Å²) in [5.41, 5.74) is 5.65. The lowest BCUT2D eigenvalue weighted by atomic mass is 10.4. The van der Waals surface area contributed by atoms with Gasteiger partial charge in [-0.05, 0) is 15.9 Å². The van der Waals surface area contributed by atoms with Gasteiger partial charge in [0.05, 0.1) is 6.20 Å². The van der Waals surface area contributed by atoms with Crippen LogP contribution in [0.4, 0.5) is 5.82 Å². The highest BCUT2D eigenvalue weighted by Crippen LogP contribution is 2.11. The highest BCUT2D eigenvalue weighted by molar-refractivity contribution is 9.10. The van der Waals surface area contributed by atoms with Crippen LogP contribution in [0.2, 0.25) is 0 Å². The van der Waals surface area contributed by atoms with Crippen LogP contribution in [-0.2, 0) is 0 Å². The molecule has 0 spiro atoms. The van der Waals surface area contributed by atoms with Crippen LogP contribution in [0.15, 0.2) is 29.5 Å². The van der Waals surface area contributed by atoms with Crippen molar-refractivity contribution in [3.8, 4) is 0 Å². The summed E-state index contributed by atoms with van der Waals surface area (Å²) in [5, 5.41) is 0. The van der Waals surface area contributed by atoms with Crippen molar-refractivity contribution in [3.05, 3.63) is 35.2 Å². The van der Waals surface area contributed by atoms with Crippen LogP contribution in [0.1, 0.15) is 10.5 Å². The second kappa shape index (κ2) is 3.77. The monoisotopic (exact) mass is 267 g/mol. The van der Waals surface area contributed by atoms with E-state index in [0.29, 0.717) is 4.60 Å². The summed E-state index contributed by atoms with van der Waals surface area (Å²) in [7, 11) is 0. The van der Waals surface area contributed by atoms with E-state index in [2.05, 4.69) is 30.9 Å². The molecular formula is C8H6BrN5O. The van der Waals surface area contributed by atoms with Gasteiger partial charge in [0, 0.05) is 12.4 Å². The van der Waals surface area contributed by atoms with Crippen LogP contribution in [0, 0.1) is 0 Å². The topological polar surface area (TPSA) is 86.7 Å². The molecule has 2 rings (SSSR count). The van der Waals surface area contributed by atoms with Crippen LogP contribution < -0.4 is 5.73 Å². The number of halogens is 1. The molecule has 0 bridgehead atoms. The summed E-state index contributed by atoms with van der Waals surface area (Å²) < 4.78 is 1.74. The molecule has 2 aromatic heterocycles. The van der Waals surface area contributed by atoms with E-state index in [4.69, 9.17) is 5.73 Å². The van der Waals surface area contributed by atoms with Crippen LogP contribution >= 0.6 is 15.9 Å². The van der Waals surface area contributed by atoms with Gasteiger partial charge in [-0.15, -0.1) is 0 Å². The minimum atomic E-state index is -0.362. The molecule has 2 N–H and O–H groups in total. The fourth-order valence-corrected chi connectivity index (χ4v) is 1.32. The molecule has 7 heteroatoms. The maximum absolute atomic E-state index is 11.8. The Labute approximate surface area is 93.3 Å². The maximum Gasteiger partial charge on any atom is 0.285 e. The van der Waals surface area contributed by atoms with E-state index < -0.39 is 0 Å². The number of carbonyl (C=O) groups is 1. The Morgan fingerprint density at radius 3 is 3.00 bits per heavy atom. The average molecular weight is 268 g/mol. The highest BCUT2D eigenvalue weighted by atomic mass is 79.9. The number of hydrogen-bond acceptors (Lipinski definition) is 5. The third-order valence-electron chi connectivity index (χ3n) is 1.71. The van der Waals surface area contributed by atoms with E-state index in [0.717, 1.165) is 0 Å². The molecule has 0 aliphatic heterocycles. The Hall–Kier alpha value is -1.76. The molecule has 6 nitrogen and oxygen atoms in total. The quantitative estimate of drug-likeness (QED) is 0.822. The Kier molecular flexibility index (Phi) is 2.46. The van der Waals surface area contributed by atoms with Gasteiger partial charge in [0.2, 0.25) is 0 Å². The first kappa shape index (κ1) is 9.78. The van der Waals surface area contributed by atoms with Gasteiger partial charge >= 0.3 is 0 Å². The minimum Gasteiger partial charge on any atom is -0.382 e. The summed E-state index contributed by atoms with van der Waals surface area (Å²) in [6.45, 7) is 0. The van der Waals surface area contributed by atoms with E-state index in [-0.39, 0.29) is 17.4 Å². The second-order valence-electron chi connectivity index (χ2n) is 2.70. The summed E-state index contributed by atoms with van der Waals surface area (Å²) in [5.74, 6) is -0.268. The van der Waals surface area contributed by atoms with Crippen molar-refractivity contribution in [2.75, 3.05) is 5.73 Å². The normalized spacial score (nSPS) is 10.2. The first-order chi connectivity index (χ1) is 7.18. The van der Waals surface area contributed by atoms with Crippen LogP contribution in [0.3, 0.4) is 0 Å². The number of hydrogen-bond donors (Lipinski definition) is 1. The van der Waals surface area contributed by atoms with E-state index in [1.165, 1.54) is 29.5 Å². The average Bonchev–Trinajstić information content (AvgIpc) is 2.74. The first-order valence-electron chi connectivity index (χ1n) is 3.99. The van der Waals surface area contributed by atoms with E-state index >= 15 is 0 Å². The zero-order valence-electron chi connectivity index (χ0n) is 7.46. The largest absolute Gasteiger partial charge is 0.382 e. The molecular weight excluding hydrogens is 262 g/mol. The van der Waals surface area contributed by atoms with Crippen molar-refractivity contribution < 1.29 is 4.79 Å². The molecule has 0 aliphatic carbocycles. The molecule has 0 saturated carbocycles. The van der Waals surface area contributed by atoms with Gasteiger partial charge < -0.3 is 5.73 Å². The second-order valence-corrected chi connectivity index (χ2v) is 3.51. The number of nitrogen functional groups attached to an aromatic ring is 1. The zero-order chi connectivity index (χ0) is 10.8. The van der Waals surface area contributed by atoms with Gasteiger partial charge in [-0.3, -0.25) is 9.36 Å². The fourth-order valence-electron chi connectivity index (χ4n) is 1.04. The van der Waals surface area contributed by atoms with Crippen LogP contribution in [0.5, 0.6) is 0 Å². The van der Waals surface area contributed by atoms with Gasteiger partial charge in [-0.25, -0.2) is 15.0 Å². The Bertz CT molecular complexity index is 496. The molecule has 2 aromatic rings. The number of imidazole rings is 1. The lowest BCUT2D eigenvalue weighted by Gasteiger charge is -2.03. The lowest BCUT2D eigenvalue weighted by molar-refractivity contribution is 0.0955. The standard InChI is InChI=1S/C8H6BrN5O/c9-5-3-12-7(10)6(13-5)8(15)14-2-1-11-4-14/h1-4H,(H2,10,12). The molecule has 2 heterocycles. The molecule has 0 saturated heterocycles. The smallest absolute Gasteiger partial charge is 0.285 e. The fraction of sp³-hybridized carbons (Fsp3) is 0. The number of nitrogens with two attached hydrogens (primary N) is 1. The molecule has 0 radical (unpaired) electrons. The van der Waals surface area contributed by atoms with Gasteiger partial charge in [0.1, 0.15) is 10.9 Å². The zero-order valence-corrected chi connectivity index (χ0v) is 9.05. The van der Waals surface area contributed by atoms with Crippen molar-refractivity contribution in [1.29, 1.82) is 0 Å². The maximum atomic E-state index is 11.8. The predicted octanol–water partition coefficient (Wildman–Crippen LogP) is 0.706. The number of nitrogens with zero attached hydrogens (tertiary/aromatic N) is 4. The molecule has 0 aromatic carbocycles. The van der Waals surface area contributed by atoms with E-state index in [9.17, 15) is 4.79 Å². The highest BCUT2D eigenvalue weighted by Gasteiger charge is 2.14. The van der Waals surface area contributed by atoms with Crippen LogP contribution in [0.25, 0.3) is 0 Å². The van der Waals surface area contributed by atoms with Gasteiger partial charge in [-0.2, -0.15) is 0 Å². The third kappa shape index (κ3) is 1.86. The van der Waals surface area contributed by atoms with Crippen molar-refractivity contribution in [2.45, 2.75) is 0 Å². The summed E-state index contributed by atoms with van der Waals surface area (Å²) in [4.78, 5) is 23.3. The number of aromatic nitrogens is 4. The molecule has 0 fully saturated rings. The Morgan fingerprint density at radius 2 is 2.33 bits per heavy atom. The van der Waals surface area contributed by atoms with E-state index in [1.807, 2.05) is 0 Å². The SMILES string of the molecule is Nc1ncc(Br)nc1C(=O)n1ccnc1. The van der Waals surface area contributed by atoms with Crippen molar-refractivity contribution in [1.82, 2.24) is 19.5 Å². The molecule has 76 valence electrons. The van der Waals surface area contributed by atoms with Crippen molar-refractivity contribution >= 4 is 27.7 Å². The number of carbonyl (C=O) groups excluding carboxylic acids is 1. The Morgan fingerprint density at radius 1 is 1.53 bits per heavy atom. The molecule has 0 aliphatic rings. The van der Waals surface area contributed by atoms with Crippen LogP contribution in [-0.4, -0.2) is 25.4 Å². The summed E-state index contributed by atoms with van der Waals surface area (Å²) in [6.07, 6.45) is 5.83. The molecule has 0 atom stereocenters. The minimum absolute atomic E-state index is 0.0944. The molecule has 0 unspecified atom stereocenters. The summed E-state index contributed by atoms with van der Waals surface area (Å²) >= 11 is 3.12. The molecule has 15 heavy (non-hydrogen) atoms. The number of rotatable bonds is 1. The predicted molar refractivity (Wildman–Crippen MR) is 56.1 cm³/mol. The third-order valence-corrected chi connectivity index (χ3v) is 2.09. The van der Waals surface area contributed by atoms with Crippen molar-refractivity contribution in [3.63, 3.8) is 0 Å². The van der Waals surface area contributed by atoms with E-state index in [1.54, 1.807) is 0 Å². The first-order valence-corrected chi connectivity index (χ1v) is 4.78.